The number of hydrogen-bond donors (Lipinski definition) is 1. The van der Waals surface area contributed by atoms with Gasteiger partial charge in [-0.15, -0.1) is 12.3 Å². The van der Waals surface area contributed by atoms with E-state index in [2.05, 4.69) is 5.92 Å². The van der Waals surface area contributed by atoms with E-state index in [4.69, 9.17) is 12.2 Å². The number of terminal acetylenes is 1. The van der Waals surface area contributed by atoms with Crippen molar-refractivity contribution in [1.82, 2.24) is 0 Å². The zero-order chi connectivity index (χ0) is 13.9. The molecule has 0 bridgehead atoms. The highest BCUT2D eigenvalue weighted by Crippen LogP contribution is 2.32. The van der Waals surface area contributed by atoms with Crippen LogP contribution in [0.15, 0.2) is 18.2 Å². The van der Waals surface area contributed by atoms with Crippen LogP contribution in [0.5, 0.6) is 0 Å². The minimum atomic E-state index is -4.86. The number of benzene rings is 1. The zero-order valence-electron chi connectivity index (χ0n) is 9.09. The minimum Gasteiger partial charge on any atom is -0.320 e. The third kappa shape index (κ3) is 3.08. The monoisotopic (exact) mass is 259 g/mol. The lowest BCUT2D eigenvalue weighted by Gasteiger charge is -2.11. The van der Waals surface area contributed by atoms with Gasteiger partial charge in [-0.2, -0.15) is 13.2 Å². The zero-order valence-corrected chi connectivity index (χ0v) is 9.09. The lowest BCUT2D eigenvalue weighted by Crippen LogP contribution is -2.30. The molecule has 1 rings (SSSR count). The van der Waals surface area contributed by atoms with E-state index < -0.39 is 29.4 Å². The van der Waals surface area contributed by atoms with Crippen LogP contribution in [0.25, 0.3) is 0 Å². The second-order valence-corrected chi connectivity index (χ2v) is 3.57. The SMILES string of the molecule is C#CCC(N)C(=O)c1ccc(F)c(C(F)(F)F)c1. The van der Waals surface area contributed by atoms with Gasteiger partial charge in [0, 0.05) is 12.0 Å². The number of nitrogens with two attached hydrogens (primary N) is 1. The molecular formula is C12H9F4NO. The quantitative estimate of drug-likeness (QED) is 0.514. The Morgan fingerprint density at radius 2 is 2.06 bits per heavy atom. The van der Waals surface area contributed by atoms with Gasteiger partial charge in [-0.05, 0) is 18.2 Å². The van der Waals surface area contributed by atoms with Crippen molar-refractivity contribution in [2.45, 2.75) is 18.6 Å². The number of carbonyl (C=O) groups excluding carboxylic acids is 1. The second kappa shape index (κ2) is 5.19. The molecule has 0 saturated heterocycles. The third-order valence-corrected chi connectivity index (χ3v) is 2.23. The van der Waals surface area contributed by atoms with E-state index in [9.17, 15) is 22.4 Å². The molecule has 1 unspecified atom stereocenters. The topological polar surface area (TPSA) is 43.1 Å². The molecule has 0 spiro atoms. The predicted molar refractivity (Wildman–Crippen MR) is 57.2 cm³/mol. The highest BCUT2D eigenvalue weighted by Gasteiger charge is 2.34. The number of carbonyl (C=O) groups is 1. The Labute approximate surface area is 101 Å². The lowest BCUT2D eigenvalue weighted by atomic mass is 10.00. The van der Waals surface area contributed by atoms with Crippen LogP contribution < -0.4 is 5.73 Å². The molecule has 0 radical (unpaired) electrons. The molecule has 0 aliphatic carbocycles. The van der Waals surface area contributed by atoms with Crippen molar-refractivity contribution in [3.05, 3.63) is 35.1 Å². The van der Waals surface area contributed by atoms with Gasteiger partial charge in [-0.1, -0.05) is 0 Å². The van der Waals surface area contributed by atoms with Gasteiger partial charge in [0.1, 0.15) is 5.82 Å². The van der Waals surface area contributed by atoms with Crippen molar-refractivity contribution in [3.63, 3.8) is 0 Å². The van der Waals surface area contributed by atoms with Crippen LogP contribution in [0.3, 0.4) is 0 Å². The van der Waals surface area contributed by atoms with E-state index in [-0.39, 0.29) is 12.0 Å². The minimum absolute atomic E-state index is 0.0996. The molecule has 0 aromatic heterocycles. The number of halogens is 4. The molecule has 1 atom stereocenters. The van der Waals surface area contributed by atoms with Gasteiger partial charge in [0.15, 0.2) is 5.78 Å². The summed E-state index contributed by atoms with van der Waals surface area (Å²) in [6, 6.07) is 0.872. The number of hydrogen-bond acceptors (Lipinski definition) is 2. The Balaban J connectivity index is 3.14. The molecule has 2 nitrogen and oxygen atoms in total. The maximum absolute atomic E-state index is 13.0. The van der Waals surface area contributed by atoms with Crippen LogP contribution in [0.2, 0.25) is 0 Å². The van der Waals surface area contributed by atoms with Gasteiger partial charge in [0.05, 0.1) is 11.6 Å². The summed E-state index contributed by atoms with van der Waals surface area (Å²) in [5.41, 5.74) is 3.58. The third-order valence-electron chi connectivity index (χ3n) is 2.23. The fourth-order valence-corrected chi connectivity index (χ4v) is 1.33. The Bertz CT molecular complexity index is 502. The largest absolute Gasteiger partial charge is 0.419 e. The molecule has 2 N–H and O–H groups in total. The molecule has 0 aliphatic heterocycles. The van der Waals surface area contributed by atoms with E-state index in [1.807, 2.05) is 0 Å². The summed E-state index contributed by atoms with van der Waals surface area (Å²) in [6.07, 6.45) is -0.0178. The summed E-state index contributed by atoms with van der Waals surface area (Å²) in [6.45, 7) is 0. The fraction of sp³-hybridized carbons (Fsp3) is 0.250. The van der Waals surface area contributed by atoms with Crippen LogP contribution in [0, 0.1) is 18.2 Å². The standard InChI is InChI=1S/C12H9F4NO/c1-2-3-10(17)11(18)7-4-5-9(13)8(6-7)12(14,15)16/h1,4-6,10H,3,17H2. The van der Waals surface area contributed by atoms with Crippen molar-refractivity contribution < 1.29 is 22.4 Å². The van der Waals surface area contributed by atoms with Crippen LogP contribution in [0.4, 0.5) is 17.6 Å². The first kappa shape index (κ1) is 14.2. The molecule has 18 heavy (non-hydrogen) atoms. The van der Waals surface area contributed by atoms with Crippen LogP contribution in [-0.4, -0.2) is 11.8 Å². The molecule has 0 fully saturated rings. The van der Waals surface area contributed by atoms with E-state index in [0.717, 1.165) is 6.07 Å². The molecule has 1 aromatic rings. The maximum Gasteiger partial charge on any atom is 0.419 e. The van der Waals surface area contributed by atoms with Gasteiger partial charge in [-0.25, -0.2) is 4.39 Å². The first-order chi connectivity index (χ1) is 8.27. The molecule has 0 heterocycles. The Kier molecular flexibility index (Phi) is 4.09. The summed E-state index contributed by atoms with van der Waals surface area (Å²) in [4.78, 5) is 11.6. The summed E-state index contributed by atoms with van der Waals surface area (Å²) in [5, 5.41) is 0. The number of Topliss-reactive ketones (excluding diaryl/α,β-unsaturated/α-hetero) is 1. The van der Waals surface area contributed by atoms with E-state index in [0.29, 0.717) is 12.1 Å². The first-order valence-electron chi connectivity index (χ1n) is 4.87. The van der Waals surface area contributed by atoms with Gasteiger partial charge in [0.2, 0.25) is 0 Å². The van der Waals surface area contributed by atoms with E-state index in [1.165, 1.54) is 0 Å². The molecule has 1 aromatic carbocycles. The van der Waals surface area contributed by atoms with Gasteiger partial charge in [0.25, 0.3) is 0 Å². The number of ketones is 1. The first-order valence-corrected chi connectivity index (χ1v) is 4.87. The molecule has 0 amide bonds. The maximum atomic E-state index is 13.0. The normalized spacial score (nSPS) is 12.9. The van der Waals surface area contributed by atoms with Gasteiger partial charge >= 0.3 is 6.18 Å². The average molecular weight is 259 g/mol. The fourth-order valence-electron chi connectivity index (χ4n) is 1.33. The summed E-state index contributed by atoms with van der Waals surface area (Å²) >= 11 is 0. The smallest absolute Gasteiger partial charge is 0.320 e. The van der Waals surface area contributed by atoms with Crippen LogP contribution in [-0.2, 0) is 6.18 Å². The average Bonchev–Trinajstić information content (AvgIpc) is 2.27. The van der Waals surface area contributed by atoms with Crippen molar-refractivity contribution >= 4 is 5.78 Å². The second-order valence-electron chi connectivity index (χ2n) is 3.57. The Hall–Kier alpha value is -1.87. The summed E-state index contributed by atoms with van der Waals surface area (Å²) in [5.74, 6) is -0.0594. The summed E-state index contributed by atoms with van der Waals surface area (Å²) < 4.78 is 50.3. The number of rotatable bonds is 3. The molecular weight excluding hydrogens is 250 g/mol. The van der Waals surface area contributed by atoms with Gasteiger partial charge in [-0.3, -0.25) is 4.79 Å². The van der Waals surface area contributed by atoms with Crippen LogP contribution in [0.1, 0.15) is 22.3 Å². The molecule has 96 valence electrons. The van der Waals surface area contributed by atoms with Crippen molar-refractivity contribution in [1.29, 1.82) is 0 Å². The van der Waals surface area contributed by atoms with Crippen molar-refractivity contribution in [2.24, 2.45) is 5.73 Å². The highest BCUT2D eigenvalue weighted by atomic mass is 19.4. The summed E-state index contributed by atoms with van der Waals surface area (Å²) in [7, 11) is 0. The molecule has 6 heteroatoms. The Morgan fingerprint density at radius 1 is 1.44 bits per heavy atom. The molecule has 0 aliphatic rings. The molecule has 0 saturated carbocycles. The lowest BCUT2D eigenvalue weighted by molar-refractivity contribution is -0.140. The van der Waals surface area contributed by atoms with E-state index in [1.54, 1.807) is 0 Å². The van der Waals surface area contributed by atoms with Crippen molar-refractivity contribution in [2.75, 3.05) is 0 Å². The van der Waals surface area contributed by atoms with E-state index >= 15 is 0 Å². The van der Waals surface area contributed by atoms with Crippen LogP contribution >= 0.6 is 0 Å². The van der Waals surface area contributed by atoms with Crippen molar-refractivity contribution in [3.8, 4) is 12.3 Å². The Morgan fingerprint density at radius 3 is 2.56 bits per heavy atom. The highest BCUT2D eigenvalue weighted by molar-refractivity contribution is 6.00. The predicted octanol–water partition coefficient (Wildman–Crippen LogP) is 2.38. The number of alkyl halides is 3. The van der Waals surface area contributed by atoms with Gasteiger partial charge < -0.3 is 5.73 Å².